The van der Waals surface area contributed by atoms with Gasteiger partial charge in [-0.15, -0.1) is 0 Å². The van der Waals surface area contributed by atoms with Gasteiger partial charge >= 0.3 is 0 Å². The third-order valence-electron chi connectivity index (χ3n) is 3.59. The molecule has 5 heteroatoms. The molecule has 1 aromatic rings. The number of methoxy groups -OCH3 is 1. The van der Waals surface area contributed by atoms with Crippen LogP contribution in [0.25, 0.3) is 0 Å². The van der Waals surface area contributed by atoms with Crippen LogP contribution in [0.5, 0.6) is 5.75 Å². The summed E-state index contributed by atoms with van der Waals surface area (Å²) in [5, 5.41) is 5.05. The predicted molar refractivity (Wildman–Crippen MR) is 85.8 cm³/mol. The Labute approximate surface area is 126 Å². The van der Waals surface area contributed by atoms with E-state index in [4.69, 9.17) is 9.73 Å². The van der Waals surface area contributed by atoms with Gasteiger partial charge in [-0.05, 0) is 37.1 Å². The Bertz CT molecular complexity index is 477. The Hall–Kier alpha value is -0.680. The van der Waals surface area contributed by atoms with Gasteiger partial charge in [-0.1, -0.05) is 34.1 Å². The fourth-order valence-corrected chi connectivity index (χ4v) is 4.82. The Kier molecular flexibility index (Phi) is 4.03. The second-order valence-electron chi connectivity index (χ2n) is 4.88. The third-order valence-corrected chi connectivity index (χ3v) is 6.31. The maximum Gasteiger partial charge on any atom is 0.161 e. The van der Waals surface area contributed by atoms with Gasteiger partial charge in [0.2, 0.25) is 0 Å². The summed E-state index contributed by atoms with van der Waals surface area (Å²) in [6.45, 7) is 0. The number of nitrogens with zero attached hydrogens (tertiary/aromatic N) is 1. The number of ether oxygens (including phenoxy) is 1. The molecule has 1 heterocycles. The molecule has 0 radical (unpaired) electrons. The maximum atomic E-state index is 5.16. The van der Waals surface area contributed by atoms with Crippen molar-refractivity contribution < 1.29 is 4.74 Å². The molecule has 0 spiro atoms. The summed E-state index contributed by atoms with van der Waals surface area (Å²) in [6.07, 6.45) is 3.75. The number of hydrogen-bond acceptors (Lipinski definition) is 4. The van der Waals surface area contributed by atoms with E-state index in [2.05, 4.69) is 21.2 Å². The first kappa shape index (κ1) is 13.3. The number of rotatable bonds is 2. The van der Waals surface area contributed by atoms with Crippen LogP contribution < -0.4 is 10.1 Å². The molecule has 0 amide bonds. The number of thioether (sulfide) groups is 1. The largest absolute Gasteiger partial charge is 0.497 e. The molecular weight excluding hydrogens is 324 g/mol. The van der Waals surface area contributed by atoms with Crippen molar-refractivity contribution in [2.45, 2.75) is 35.4 Å². The van der Waals surface area contributed by atoms with Crippen molar-refractivity contribution in [3.8, 4) is 5.75 Å². The molecule has 3 atom stereocenters. The minimum Gasteiger partial charge on any atom is -0.497 e. The molecule has 1 aliphatic heterocycles. The molecule has 2 aliphatic rings. The molecule has 1 aromatic carbocycles. The Morgan fingerprint density at radius 2 is 2.11 bits per heavy atom. The van der Waals surface area contributed by atoms with E-state index in [-0.39, 0.29) is 0 Å². The first-order valence-corrected chi connectivity index (χ1v) is 8.35. The van der Waals surface area contributed by atoms with Gasteiger partial charge in [0, 0.05) is 15.8 Å². The van der Waals surface area contributed by atoms with Crippen molar-refractivity contribution in [2.75, 3.05) is 12.4 Å². The molecule has 0 aromatic heterocycles. The normalized spacial score (nSPS) is 29.6. The number of nitrogens with one attached hydrogen (secondary N) is 1. The molecular formula is C14H17BrN2OS. The summed E-state index contributed by atoms with van der Waals surface area (Å²) in [4.78, 5) is 5.40. The van der Waals surface area contributed by atoms with Gasteiger partial charge in [0.05, 0.1) is 13.2 Å². The zero-order valence-electron chi connectivity index (χ0n) is 10.8. The number of halogens is 1. The van der Waals surface area contributed by atoms with Crippen LogP contribution >= 0.6 is 27.7 Å². The zero-order valence-corrected chi connectivity index (χ0v) is 13.2. The van der Waals surface area contributed by atoms with Crippen molar-refractivity contribution in [3.63, 3.8) is 0 Å². The van der Waals surface area contributed by atoms with E-state index in [1.165, 1.54) is 19.3 Å². The van der Waals surface area contributed by atoms with Gasteiger partial charge in [0.1, 0.15) is 5.75 Å². The molecule has 0 bridgehead atoms. The van der Waals surface area contributed by atoms with Crippen molar-refractivity contribution in [1.29, 1.82) is 0 Å². The molecule has 3 rings (SSSR count). The lowest BCUT2D eigenvalue weighted by Crippen LogP contribution is -2.31. The lowest BCUT2D eigenvalue weighted by Gasteiger charge is -2.27. The number of anilines is 1. The van der Waals surface area contributed by atoms with E-state index in [0.717, 1.165) is 16.6 Å². The molecule has 1 N–H and O–H groups in total. The number of benzene rings is 1. The highest BCUT2D eigenvalue weighted by Gasteiger charge is 2.37. The van der Waals surface area contributed by atoms with E-state index in [0.29, 0.717) is 16.1 Å². The van der Waals surface area contributed by atoms with Gasteiger partial charge < -0.3 is 10.1 Å². The van der Waals surface area contributed by atoms with Crippen LogP contribution in [0.4, 0.5) is 5.69 Å². The minimum atomic E-state index is 0.476. The van der Waals surface area contributed by atoms with E-state index in [9.17, 15) is 0 Å². The summed E-state index contributed by atoms with van der Waals surface area (Å²) in [5.41, 5.74) is 1.07. The fourth-order valence-electron chi connectivity index (χ4n) is 2.55. The maximum absolute atomic E-state index is 5.16. The van der Waals surface area contributed by atoms with Crippen LogP contribution in [0, 0.1) is 0 Å². The summed E-state index contributed by atoms with van der Waals surface area (Å²) < 4.78 is 5.16. The molecule has 1 aliphatic carbocycles. The van der Waals surface area contributed by atoms with Crippen molar-refractivity contribution in [3.05, 3.63) is 24.3 Å². The zero-order chi connectivity index (χ0) is 13.2. The van der Waals surface area contributed by atoms with Gasteiger partial charge in [0.15, 0.2) is 5.17 Å². The van der Waals surface area contributed by atoms with Crippen molar-refractivity contribution in [1.82, 2.24) is 0 Å². The fraction of sp³-hybridized carbons (Fsp3) is 0.500. The number of amidine groups is 1. The van der Waals surface area contributed by atoms with Gasteiger partial charge in [0.25, 0.3) is 0 Å². The first-order valence-electron chi connectivity index (χ1n) is 6.56. The van der Waals surface area contributed by atoms with E-state index < -0.39 is 0 Å². The number of alkyl halides is 1. The Balaban J connectivity index is 1.67. The summed E-state index contributed by atoms with van der Waals surface area (Å²) in [6, 6.07) is 8.44. The number of fused-ring (bicyclic) bond motifs is 1. The third kappa shape index (κ3) is 2.92. The molecule has 19 heavy (non-hydrogen) atoms. The topological polar surface area (TPSA) is 33.6 Å². The number of hydrogen-bond donors (Lipinski definition) is 1. The second-order valence-corrected chi connectivity index (χ2v) is 7.23. The van der Waals surface area contributed by atoms with Gasteiger partial charge in [-0.2, -0.15) is 0 Å². The minimum absolute atomic E-state index is 0.476. The van der Waals surface area contributed by atoms with Crippen LogP contribution in [0.1, 0.15) is 19.3 Å². The second kappa shape index (κ2) is 5.75. The lowest BCUT2D eigenvalue weighted by atomic mass is 9.95. The van der Waals surface area contributed by atoms with Crippen LogP contribution in [-0.2, 0) is 0 Å². The van der Waals surface area contributed by atoms with Crippen LogP contribution in [0.15, 0.2) is 29.3 Å². The predicted octanol–water partition coefficient (Wildman–Crippen LogP) is 3.89. The highest BCUT2D eigenvalue weighted by atomic mass is 79.9. The average Bonchev–Trinajstić information content (AvgIpc) is 2.84. The Morgan fingerprint density at radius 1 is 1.32 bits per heavy atom. The summed E-state index contributed by atoms with van der Waals surface area (Å²) in [7, 11) is 1.68. The molecule has 0 unspecified atom stereocenters. The van der Waals surface area contributed by atoms with E-state index in [1.54, 1.807) is 7.11 Å². The molecule has 0 saturated heterocycles. The SMILES string of the molecule is COc1ccc(NC2=N[C@H]3CCC[C@@H](Br)[C@@H]3S2)cc1. The molecule has 102 valence electrons. The standard InChI is InChI=1S/C14H17BrN2OS/c1-18-10-7-5-9(6-8-10)16-14-17-12-4-2-3-11(15)13(12)19-14/h5-8,11-13H,2-4H2,1H3,(H,16,17)/t11-,12+,13+/m1/s1. The lowest BCUT2D eigenvalue weighted by molar-refractivity contribution is 0.415. The smallest absolute Gasteiger partial charge is 0.161 e. The molecule has 3 nitrogen and oxygen atoms in total. The van der Waals surface area contributed by atoms with Gasteiger partial charge in [-0.3, -0.25) is 4.99 Å². The summed E-state index contributed by atoms with van der Waals surface area (Å²) >= 11 is 5.66. The molecule has 1 saturated carbocycles. The highest BCUT2D eigenvalue weighted by Crippen LogP contribution is 2.40. The number of aliphatic imine (C=N–C) groups is 1. The highest BCUT2D eigenvalue weighted by molar-refractivity contribution is 9.09. The van der Waals surface area contributed by atoms with Crippen LogP contribution in [0.3, 0.4) is 0 Å². The summed E-state index contributed by atoms with van der Waals surface area (Å²) in [5.74, 6) is 0.876. The monoisotopic (exact) mass is 340 g/mol. The Morgan fingerprint density at radius 3 is 2.79 bits per heavy atom. The van der Waals surface area contributed by atoms with E-state index >= 15 is 0 Å². The van der Waals surface area contributed by atoms with Crippen LogP contribution in [0.2, 0.25) is 0 Å². The van der Waals surface area contributed by atoms with E-state index in [1.807, 2.05) is 36.0 Å². The van der Waals surface area contributed by atoms with Crippen molar-refractivity contribution in [2.24, 2.45) is 4.99 Å². The van der Waals surface area contributed by atoms with Crippen LogP contribution in [-0.4, -0.2) is 28.4 Å². The quantitative estimate of drug-likeness (QED) is 0.829. The first-order chi connectivity index (χ1) is 9.26. The van der Waals surface area contributed by atoms with Crippen molar-refractivity contribution >= 4 is 38.5 Å². The molecule has 1 fully saturated rings. The average molecular weight is 341 g/mol. The van der Waals surface area contributed by atoms with Gasteiger partial charge in [-0.25, -0.2) is 0 Å².